The average Bonchev–Trinajstić information content (AvgIpc) is 3.51. The van der Waals surface area contributed by atoms with Crippen molar-refractivity contribution in [2.24, 2.45) is 0 Å². The van der Waals surface area contributed by atoms with Crippen molar-refractivity contribution in [2.75, 3.05) is 6.61 Å². The molecule has 482 valence electrons. The van der Waals surface area contributed by atoms with Crippen molar-refractivity contribution in [3.63, 3.8) is 0 Å². The van der Waals surface area contributed by atoms with Crippen LogP contribution >= 0.6 is 0 Å². The first kappa shape index (κ1) is 80.3. The lowest BCUT2D eigenvalue weighted by Crippen LogP contribution is -2.45. The van der Waals surface area contributed by atoms with Crippen molar-refractivity contribution in [1.82, 2.24) is 5.32 Å². The summed E-state index contributed by atoms with van der Waals surface area (Å²) in [5, 5.41) is 23.3. The van der Waals surface area contributed by atoms with Crippen LogP contribution in [-0.2, 0) is 4.79 Å². The lowest BCUT2D eigenvalue weighted by molar-refractivity contribution is -0.123. The van der Waals surface area contributed by atoms with E-state index in [0.717, 1.165) is 70.6 Å². The smallest absolute Gasteiger partial charge is 0.220 e. The second-order valence-electron chi connectivity index (χ2n) is 25.0. The van der Waals surface area contributed by atoms with Crippen molar-refractivity contribution in [3.05, 3.63) is 97.2 Å². The fraction of sp³-hybridized carbons (Fsp3) is 0.785. The molecule has 2 unspecified atom stereocenters. The minimum atomic E-state index is -0.845. The molecule has 0 radical (unpaired) electrons. The normalized spacial score (nSPS) is 13.3. The van der Waals surface area contributed by atoms with Gasteiger partial charge in [-0.3, -0.25) is 4.79 Å². The van der Waals surface area contributed by atoms with Crippen LogP contribution in [0.5, 0.6) is 0 Å². The fourth-order valence-corrected chi connectivity index (χ4v) is 11.3. The molecule has 0 bridgehead atoms. The number of aliphatic hydroxyl groups is 2. The maximum Gasteiger partial charge on any atom is 0.220 e. The number of hydrogen-bond donors (Lipinski definition) is 3. The molecule has 0 fully saturated rings. The molecule has 2 atom stereocenters. The minimum Gasteiger partial charge on any atom is -0.394 e. The number of rotatable bonds is 68. The molecule has 1 amide bonds. The van der Waals surface area contributed by atoms with Crippen LogP contribution in [0, 0.1) is 0 Å². The highest BCUT2D eigenvalue weighted by atomic mass is 16.3. The van der Waals surface area contributed by atoms with Gasteiger partial charge in [-0.1, -0.05) is 394 Å². The third-order valence-corrected chi connectivity index (χ3v) is 16.8. The van der Waals surface area contributed by atoms with Crippen LogP contribution in [0.25, 0.3) is 0 Å². The number of carbonyl (C=O) groups excluding carboxylic acids is 1. The SMILES string of the molecule is CC/C=C\C/C=C\C/C=C\C/C=C\C/C=C\C/C=C\C/C=C\CCCCCCCCCCCCCCCCCCCC(=O)NC(CO)C(O)/C=C/CCCCCCCCCCCCCCCCCCCCCCCCCCCCCCCC. The Morgan fingerprint density at radius 1 is 0.301 bits per heavy atom. The van der Waals surface area contributed by atoms with E-state index >= 15 is 0 Å². The van der Waals surface area contributed by atoms with Gasteiger partial charge in [-0.05, 0) is 77.0 Å². The lowest BCUT2D eigenvalue weighted by Gasteiger charge is -2.20. The maximum absolute atomic E-state index is 12.6. The third-order valence-electron chi connectivity index (χ3n) is 16.8. The molecule has 0 heterocycles. The summed E-state index contributed by atoms with van der Waals surface area (Å²) in [5.74, 6) is -0.0603. The van der Waals surface area contributed by atoms with Crippen LogP contribution in [-0.4, -0.2) is 34.9 Å². The van der Waals surface area contributed by atoms with Gasteiger partial charge < -0.3 is 15.5 Å². The molecule has 4 heteroatoms. The summed E-state index contributed by atoms with van der Waals surface area (Å²) in [6.07, 6.45) is 109. The quantitative estimate of drug-likeness (QED) is 0.0420. The molecule has 0 aromatic heterocycles. The summed E-state index contributed by atoms with van der Waals surface area (Å²) >= 11 is 0. The molecule has 0 aromatic carbocycles. The number of amides is 1. The standard InChI is InChI=1S/C79H143NO3/c1-3-5-7-9-11-13-15-17-19-21-23-25-27-29-31-33-35-37-38-39-40-41-42-43-45-47-49-51-53-55-57-59-61-63-65-67-69-71-73-75-79(83)80-77(76-81)78(82)74-72-70-68-66-64-62-60-58-56-54-52-50-48-46-44-36-34-32-30-28-26-24-22-20-18-16-14-12-10-8-6-4-2/h5,7,11,13,17,19,23,25,29,31,35,37,39-40,72,74,77-78,81-82H,3-4,6,8-10,12,14-16,18,20-22,24,26-28,30,32-34,36,38,41-71,73,75-76H2,1-2H3,(H,80,83)/b7-5-,13-11-,19-17-,25-23-,31-29-,37-35-,40-39-,74-72+. The predicted octanol–water partition coefficient (Wildman–Crippen LogP) is 25.5. The largest absolute Gasteiger partial charge is 0.394 e. The van der Waals surface area contributed by atoms with Gasteiger partial charge in [0.25, 0.3) is 0 Å². The Morgan fingerprint density at radius 2 is 0.530 bits per heavy atom. The topological polar surface area (TPSA) is 69.6 Å². The van der Waals surface area contributed by atoms with E-state index in [1.807, 2.05) is 6.08 Å². The number of nitrogens with one attached hydrogen (secondary N) is 1. The summed E-state index contributed by atoms with van der Waals surface area (Å²) in [6.45, 7) is 4.23. The zero-order valence-corrected chi connectivity index (χ0v) is 55.7. The molecule has 0 saturated heterocycles. The van der Waals surface area contributed by atoms with Gasteiger partial charge in [-0.15, -0.1) is 0 Å². The van der Waals surface area contributed by atoms with Gasteiger partial charge in [0.2, 0.25) is 5.91 Å². The van der Waals surface area contributed by atoms with Crippen molar-refractivity contribution >= 4 is 5.91 Å². The third kappa shape index (κ3) is 70.0. The molecule has 3 N–H and O–H groups in total. The van der Waals surface area contributed by atoms with E-state index in [2.05, 4.69) is 104 Å². The molecule has 0 rings (SSSR count). The zero-order chi connectivity index (χ0) is 59.8. The molecular formula is C79H143NO3. The summed E-state index contributed by atoms with van der Waals surface area (Å²) in [5.41, 5.74) is 0. The number of hydrogen-bond acceptors (Lipinski definition) is 3. The second kappa shape index (κ2) is 73.6. The number of unbranched alkanes of at least 4 members (excludes halogenated alkanes) is 47. The van der Waals surface area contributed by atoms with E-state index in [1.54, 1.807) is 6.08 Å². The fourth-order valence-electron chi connectivity index (χ4n) is 11.3. The highest BCUT2D eigenvalue weighted by molar-refractivity contribution is 5.76. The molecule has 0 aliphatic rings. The number of carbonyl (C=O) groups is 1. The molecule has 0 aliphatic heterocycles. The molecule has 4 nitrogen and oxygen atoms in total. The summed E-state index contributed by atoms with van der Waals surface area (Å²) in [4.78, 5) is 12.6. The Kier molecular flexibility index (Phi) is 71.2. The Hall–Kier alpha value is -2.69. The monoisotopic (exact) mass is 1150 g/mol. The van der Waals surface area contributed by atoms with Crippen molar-refractivity contribution in [3.8, 4) is 0 Å². The van der Waals surface area contributed by atoms with E-state index in [-0.39, 0.29) is 12.5 Å². The van der Waals surface area contributed by atoms with Crippen LogP contribution in [0.1, 0.15) is 380 Å². The minimum absolute atomic E-state index is 0.0603. The van der Waals surface area contributed by atoms with Gasteiger partial charge in [-0.2, -0.15) is 0 Å². The molecular weight excluding hydrogens is 1010 g/mol. The summed E-state index contributed by atoms with van der Waals surface area (Å²) < 4.78 is 0. The average molecular weight is 1160 g/mol. The van der Waals surface area contributed by atoms with E-state index in [9.17, 15) is 15.0 Å². The number of aliphatic hydroxyl groups excluding tert-OH is 2. The van der Waals surface area contributed by atoms with Crippen molar-refractivity contribution < 1.29 is 15.0 Å². The van der Waals surface area contributed by atoms with Gasteiger partial charge in [0.15, 0.2) is 0 Å². The first-order valence-corrected chi connectivity index (χ1v) is 37.0. The Bertz CT molecular complexity index is 1500. The Labute approximate surface area is 519 Å². The molecule has 83 heavy (non-hydrogen) atoms. The van der Waals surface area contributed by atoms with E-state index in [0.29, 0.717) is 6.42 Å². The van der Waals surface area contributed by atoms with Crippen molar-refractivity contribution in [1.29, 1.82) is 0 Å². The van der Waals surface area contributed by atoms with Crippen LogP contribution in [0.2, 0.25) is 0 Å². The first-order chi connectivity index (χ1) is 41.2. The van der Waals surface area contributed by atoms with E-state index in [1.165, 1.54) is 289 Å². The van der Waals surface area contributed by atoms with E-state index < -0.39 is 12.1 Å². The predicted molar refractivity (Wildman–Crippen MR) is 373 cm³/mol. The highest BCUT2D eigenvalue weighted by Gasteiger charge is 2.18. The lowest BCUT2D eigenvalue weighted by atomic mass is 10.0. The van der Waals surface area contributed by atoms with Crippen molar-refractivity contribution in [2.45, 2.75) is 392 Å². The van der Waals surface area contributed by atoms with Crippen LogP contribution in [0.4, 0.5) is 0 Å². The highest BCUT2D eigenvalue weighted by Crippen LogP contribution is 2.19. The van der Waals surface area contributed by atoms with Gasteiger partial charge in [0.1, 0.15) is 0 Å². The van der Waals surface area contributed by atoms with Crippen LogP contribution < -0.4 is 5.32 Å². The first-order valence-electron chi connectivity index (χ1n) is 37.0. The second-order valence-corrected chi connectivity index (χ2v) is 25.0. The van der Waals surface area contributed by atoms with Gasteiger partial charge in [-0.25, -0.2) is 0 Å². The van der Waals surface area contributed by atoms with E-state index in [4.69, 9.17) is 0 Å². The number of allylic oxidation sites excluding steroid dienone is 15. The van der Waals surface area contributed by atoms with Crippen LogP contribution in [0.3, 0.4) is 0 Å². The molecule has 0 saturated carbocycles. The van der Waals surface area contributed by atoms with Gasteiger partial charge in [0.05, 0.1) is 18.8 Å². The van der Waals surface area contributed by atoms with Gasteiger partial charge >= 0.3 is 0 Å². The Morgan fingerprint density at radius 3 is 0.795 bits per heavy atom. The summed E-state index contributed by atoms with van der Waals surface area (Å²) in [7, 11) is 0. The zero-order valence-electron chi connectivity index (χ0n) is 55.7. The Balaban J connectivity index is 3.46. The molecule has 0 spiro atoms. The molecule has 0 aromatic rings. The maximum atomic E-state index is 12.6. The van der Waals surface area contributed by atoms with Crippen LogP contribution in [0.15, 0.2) is 97.2 Å². The van der Waals surface area contributed by atoms with Gasteiger partial charge in [0, 0.05) is 6.42 Å². The summed E-state index contributed by atoms with van der Waals surface area (Å²) in [6, 6.07) is -0.628. The molecule has 0 aliphatic carbocycles.